The lowest BCUT2D eigenvalue weighted by molar-refractivity contribution is -0.148. The highest BCUT2D eigenvalue weighted by atomic mass is 16.7. The number of aromatic nitrogens is 2. The molecular formula is C11H20N4O. The van der Waals surface area contributed by atoms with Gasteiger partial charge in [-0.25, -0.2) is 0 Å². The lowest BCUT2D eigenvalue weighted by atomic mass is 10.0. The number of hydroxylamine groups is 2. The molecule has 2 unspecified atom stereocenters. The minimum atomic E-state index is 0.0855. The Kier molecular flexibility index (Phi) is 3.58. The molecule has 2 heterocycles. The molecule has 0 amide bonds. The molecule has 2 N–H and O–H groups in total. The highest BCUT2D eigenvalue weighted by Gasteiger charge is 2.29. The van der Waals surface area contributed by atoms with Gasteiger partial charge in [0.25, 0.3) is 0 Å². The predicted octanol–water partition coefficient (Wildman–Crippen LogP) is 0.836. The van der Waals surface area contributed by atoms with Gasteiger partial charge < -0.3 is 5.73 Å². The fourth-order valence-corrected chi connectivity index (χ4v) is 2.13. The van der Waals surface area contributed by atoms with Gasteiger partial charge in [0.05, 0.1) is 18.8 Å². The molecule has 0 bridgehead atoms. The molecule has 5 nitrogen and oxygen atoms in total. The van der Waals surface area contributed by atoms with E-state index in [1.807, 2.05) is 24.5 Å². The van der Waals surface area contributed by atoms with E-state index in [1.165, 1.54) is 0 Å². The van der Waals surface area contributed by atoms with Crippen molar-refractivity contribution in [2.24, 2.45) is 12.8 Å². The van der Waals surface area contributed by atoms with Gasteiger partial charge in [0.15, 0.2) is 0 Å². The maximum Gasteiger partial charge on any atom is 0.0783 e. The van der Waals surface area contributed by atoms with E-state index in [4.69, 9.17) is 10.6 Å². The molecule has 1 aromatic rings. The van der Waals surface area contributed by atoms with Crippen molar-refractivity contribution in [2.75, 3.05) is 13.2 Å². The number of aryl methyl sites for hydroxylation is 1. The Morgan fingerprint density at radius 1 is 1.62 bits per heavy atom. The van der Waals surface area contributed by atoms with E-state index < -0.39 is 0 Å². The molecule has 1 aliphatic heterocycles. The van der Waals surface area contributed by atoms with Crippen molar-refractivity contribution in [3.05, 3.63) is 18.0 Å². The van der Waals surface area contributed by atoms with Gasteiger partial charge >= 0.3 is 0 Å². The van der Waals surface area contributed by atoms with Crippen LogP contribution in [0.1, 0.15) is 31.4 Å². The van der Waals surface area contributed by atoms with E-state index in [2.05, 4.69) is 12.0 Å². The lowest BCUT2D eigenvalue weighted by Crippen LogP contribution is -2.38. The second-order valence-corrected chi connectivity index (χ2v) is 4.29. The Balaban J connectivity index is 2.19. The van der Waals surface area contributed by atoms with Crippen molar-refractivity contribution in [3.63, 3.8) is 0 Å². The van der Waals surface area contributed by atoms with Crippen molar-refractivity contribution >= 4 is 0 Å². The first-order chi connectivity index (χ1) is 7.72. The first-order valence-electron chi connectivity index (χ1n) is 5.86. The van der Waals surface area contributed by atoms with Crippen LogP contribution in [0.4, 0.5) is 0 Å². The van der Waals surface area contributed by atoms with E-state index in [9.17, 15) is 0 Å². The highest BCUT2D eigenvalue weighted by Crippen LogP contribution is 2.27. The molecule has 90 valence electrons. The van der Waals surface area contributed by atoms with Gasteiger partial charge in [-0.05, 0) is 12.8 Å². The van der Waals surface area contributed by atoms with Gasteiger partial charge in [0.1, 0.15) is 0 Å². The zero-order valence-electron chi connectivity index (χ0n) is 9.97. The van der Waals surface area contributed by atoms with E-state index in [-0.39, 0.29) is 12.1 Å². The average molecular weight is 224 g/mol. The number of rotatable bonds is 4. The van der Waals surface area contributed by atoms with E-state index in [0.29, 0.717) is 0 Å². The van der Waals surface area contributed by atoms with Crippen LogP contribution in [0.5, 0.6) is 0 Å². The summed E-state index contributed by atoms with van der Waals surface area (Å²) in [6, 6.07) is 0.212. The Morgan fingerprint density at radius 2 is 2.44 bits per heavy atom. The van der Waals surface area contributed by atoms with E-state index in [1.54, 1.807) is 4.68 Å². The average Bonchev–Trinajstić information content (AvgIpc) is 2.91. The summed E-state index contributed by atoms with van der Waals surface area (Å²) < 4.78 is 1.81. The first kappa shape index (κ1) is 11.6. The van der Waals surface area contributed by atoms with Crippen molar-refractivity contribution in [1.29, 1.82) is 0 Å². The van der Waals surface area contributed by atoms with Crippen molar-refractivity contribution in [3.8, 4) is 0 Å². The lowest BCUT2D eigenvalue weighted by Gasteiger charge is -2.29. The van der Waals surface area contributed by atoms with Crippen LogP contribution in [0.25, 0.3) is 0 Å². The van der Waals surface area contributed by atoms with Gasteiger partial charge in [-0.2, -0.15) is 10.2 Å². The molecule has 0 radical (unpaired) electrons. The van der Waals surface area contributed by atoms with Crippen molar-refractivity contribution in [1.82, 2.24) is 14.8 Å². The highest BCUT2D eigenvalue weighted by molar-refractivity contribution is 5.12. The number of hydrogen-bond donors (Lipinski definition) is 1. The molecule has 2 atom stereocenters. The van der Waals surface area contributed by atoms with Crippen LogP contribution in [0, 0.1) is 0 Å². The fraction of sp³-hybridized carbons (Fsp3) is 0.727. The summed E-state index contributed by atoms with van der Waals surface area (Å²) in [5.74, 6) is 0. The zero-order valence-corrected chi connectivity index (χ0v) is 9.97. The van der Waals surface area contributed by atoms with Crippen LogP contribution in [-0.4, -0.2) is 34.0 Å². The first-order valence-corrected chi connectivity index (χ1v) is 5.86. The molecule has 2 rings (SSSR count). The normalized spacial score (nSPS) is 21.2. The quantitative estimate of drug-likeness (QED) is 0.823. The van der Waals surface area contributed by atoms with Crippen molar-refractivity contribution < 1.29 is 4.84 Å². The Morgan fingerprint density at radius 3 is 2.94 bits per heavy atom. The summed E-state index contributed by atoms with van der Waals surface area (Å²) in [7, 11) is 1.92. The van der Waals surface area contributed by atoms with Crippen LogP contribution >= 0.6 is 0 Å². The SMILES string of the molecule is CCC(N)C(c1cnn(C)c1)N1CCCO1. The molecule has 0 saturated carbocycles. The van der Waals surface area contributed by atoms with Gasteiger partial charge in [-0.3, -0.25) is 9.52 Å². The van der Waals surface area contributed by atoms with Crippen LogP contribution in [0.3, 0.4) is 0 Å². The predicted molar refractivity (Wildman–Crippen MR) is 61.5 cm³/mol. The standard InChI is InChI=1S/C11H20N4O/c1-3-10(12)11(15-5-4-6-16-15)9-7-13-14(2)8-9/h7-8,10-11H,3-6,12H2,1-2H3. The van der Waals surface area contributed by atoms with Crippen LogP contribution < -0.4 is 5.73 Å². The Labute approximate surface area is 96.1 Å². The molecule has 1 aliphatic rings. The monoisotopic (exact) mass is 224 g/mol. The molecule has 1 fully saturated rings. The Bertz CT molecular complexity index is 332. The third-order valence-electron chi connectivity index (χ3n) is 3.03. The topological polar surface area (TPSA) is 56.3 Å². The minimum Gasteiger partial charge on any atom is -0.326 e. The molecule has 1 saturated heterocycles. The van der Waals surface area contributed by atoms with Gasteiger partial charge in [0.2, 0.25) is 0 Å². The summed E-state index contributed by atoms with van der Waals surface area (Å²) in [5, 5.41) is 6.21. The van der Waals surface area contributed by atoms with E-state index in [0.717, 1.165) is 31.6 Å². The molecule has 1 aromatic heterocycles. The van der Waals surface area contributed by atoms with Crippen LogP contribution in [0.2, 0.25) is 0 Å². The van der Waals surface area contributed by atoms with Crippen LogP contribution in [0.15, 0.2) is 12.4 Å². The smallest absolute Gasteiger partial charge is 0.0783 e. The maximum absolute atomic E-state index is 6.18. The second-order valence-electron chi connectivity index (χ2n) is 4.29. The van der Waals surface area contributed by atoms with Gasteiger partial charge in [-0.15, -0.1) is 0 Å². The molecule has 0 spiro atoms. The molecule has 0 aliphatic carbocycles. The molecule has 5 heteroatoms. The fourth-order valence-electron chi connectivity index (χ4n) is 2.13. The van der Waals surface area contributed by atoms with Gasteiger partial charge in [0, 0.05) is 31.4 Å². The molecule has 16 heavy (non-hydrogen) atoms. The summed E-state index contributed by atoms with van der Waals surface area (Å²) in [6.07, 6.45) is 5.90. The summed E-state index contributed by atoms with van der Waals surface area (Å²) >= 11 is 0. The summed E-state index contributed by atoms with van der Waals surface area (Å²) in [5.41, 5.74) is 7.32. The zero-order chi connectivity index (χ0) is 11.5. The minimum absolute atomic E-state index is 0.0855. The van der Waals surface area contributed by atoms with E-state index >= 15 is 0 Å². The number of nitrogens with two attached hydrogens (primary N) is 1. The molecule has 0 aromatic carbocycles. The summed E-state index contributed by atoms with van der Waals surface area (Å²) in [6.45, 7) is 3.85. The van der Waals surface area contributed by atoms with Gasteiger partial charge in [-0.1, -0.05) is 6.92 Å². The van der Waals surface area contributed by atoms with Crippen LogP contribution in [-0.2, 0) is 11.9 Å². The summed E-state index contributed by atoms with van der Waals surface area (Å²) in [4.78, 5) is 5.62. The Hall–Kier alpha value is -0.910. The third-order valence-corrected chi connectivity index (χ3v) is 3.03. The maximum atomic E-state index is 6.18. The third kappa shape index (κ3) is 2.26. The van der Waals surface area contributed by atoms with Crippen molar-refractivity contribution in [2.45, 2.75) is 31.8 Å². The number of hydrogen-bond acceptors (Lipinski definition) is 4. The second kappa shape index (κ2) is 4.95. The largest absolute Gasteiger partial charge is 0.326 e. The molecular weight excluding hydrogens is 204 g/mol. The number of nitrogens with zero attached hydrogens (tertiary/aromatic N) is 3.